The van der Waals surface area contributed by atoms with Crippen LogP contribution in [0.15, 0.2) is 60.9 Å². The fourth-order valence-corrected chi connectivity index (χ4v) is 5.21. The summed E-state index contributed by atoms with van der Waals surface area (Å²) in [4.78, 5) is 31.5. The van der Waals surface area contributed by atoms with Crippen LogP contribution in [0.4, 0.5) is 23.7 Å². The van der Waals surface area contributed by atoms with Crippen molar-refractivity contribution in [2.45, 2.75) is 38.1 Å². The molecule has 0 bridgehead atoms. The van der Waals surface area contributed by atoms with Gasteiger partial charge in [0.2, 0.25) is 0 Å². The zero-order valence-electron chi connectivity index (χ0n) is 20.7. The number of pyridine rings is 1. The summed E-state index contributed by atoms with van der Waals surface area (Å²) in [6.07, 6.45) is -0.620. The van der Waals surface area contributed by atoms with Crippen molar-refractivity contribution < 1.29 is 32.6 Å². The molecule has 1 aromatic heterocycles. The summed E-state index contributed by atoms with van der Waals surface area (Å²) in [7, 11) is 0. The molecule has 2 saturated heterocycles. The van der Waals surface area contributed by atoms with E-state index in [0.29, 0.717) is 55.8 Å². The monoisotopic (exact) mass is 525 g/mol. The molecule has 198 valence electrons. The molecule has 5 rings (SSSR count). The molecule has 7 nitrogen and oxygen atoms in total. The van der Waals surface area contributed by atoms with E-state index < -0.39 is 29.4 Å². The second-order valence-corrected chi connectivity index (χ2v) is 9.83. The zero-order valence-corrected chi connectivity index (χ0v) is 20.7. The van der Waals surface area contributed by atoms with Crippen LogP contribution in [0.3, 0.4) is 0 Å². The summed E-state index contributed by atoms with van der Waals surface area (Å²) in [5.74, 6) is -1.05. The second-order valence-electron chi connectivity index (χ2n) is 9.83. The number of anilines is 1. The number of rotatable bonds is 5. The van der Waals surface area contributed by atoms with E-state index in [-0.39, 0.29) is 11.1 Å². The highest BCUT2D eigenvalue weighted by atomic mass is 19.4. The Morgan fingerprint density at radius 2 is 1.84 bits per heavy atom. The van der Waals surface area contributed by atoms with Crippen LogP contribution in [0.5, 0.6) is 0 Å². The SMILES string of the molecule is Cc1cc(-c2cccnc2)c(CN2CCC3(CC2)CN(c2ccc(C(=O)O)cc2)C(=O)O3)cc1C(F)(F)F. The number of hydrogen-bond acceptors (Lipinski definition) is 5. The number of likely N-dealkylation sites (tertiary alicyclic amines) is 1. The average Bonchev–Trinajstić information content (AvgIpc) is 3.21. The molecular weight excluding hydrogens is 499 g/mol. The molecule has 0 unspecified atom stereocenters. The standard InChI is InChI=1S/C28H26F3N3O4/c1-18-13-23(20-3-2-10-32-15-20)21(14-24(18)28(29,30)31)16-33-11-8-27(9-12-33)17-34(26(37)38-27)22-6-4-19(5-7-22)25(35)36/h2-7,10,13-15H,8-9,11-12,16-17H2,1H3,(H,35,36). The first kappa shape index (κ1) is 25.7. The number of carbonyl (C=O) groups is 2. The molecule has 3 aromatic rings. The number of aryl methyl sites for hydroxylation is 1. The number of aromatic nitrogens is 1. The molecule has 2 aliphatic rings. The van der Waals surface area contributed by atoms with Crippen molar-refractivity contribution >= 4 is 17.7 Å². The van der Waals surface area contributed by atoms with E-state index >= 15 is 0 Å². The second kappa shape index (κ2) is 9.75. The van der Waals surface area contributed by atoms with Gasteiger partial charge in [0, 0.05) is 56.1 Å². The Hall–Kier alpha value is -3.92. The fraction of sp³-hybridized carbons (Fsp3) is 0.321. The molecule has 0 saturated carbocycles. The van der Waals surface area contributed by atoms with Gasteiger partial charge in [0.15, 0.2) is 0 Å². The molecule has 2 fully saturated rings. The number of carboxylic acids is 1. The van der Waals surface area contributed by atoms with E-state index in [9.17, 15) is 22.8 Å². The quantitative estimate of drug-likeness (QED) is 0.456. The molecule has 0 aliphatic carbocycles. The number of nitrogens with zero attached hydrogens (tertiary/aromatic N) is 3. The smallest absolute Gasteiger partial charge is 0.416 e. The Morgan fingerprint density at radius 3 is 2.45 bits per heavy atom. The van der Waals surface area contributed by atoms with Crippen LogP contribution < -0.4 is 4.90 Å². The lowest BCUT2D eigenvalue weighted by atomic mass is 9.90. The van der Waals surface area contributed by atoms with Crippen LogP contribution in [-0.2, 0) is 17.5 Å². The highest BCUT2D eigenvalue weighted by Crippen LogP contribution is 2.39. The number of alkyl halides is 3. The van der Waals surface area contributed by atoms with E-state index in [1.54, 1.807) is 36.7 Å². The van der Waals surface area contributed by atoms with Crippen LogP contribution in [0.1, 0.15) is 39.9 Å². The summed E-state index contributed by atoms with van der Waals surface area (Å²) in [5, 5.41) is 9.10. The van der Waals surface area contributed by atoms with Gasteiger partial charge in [-0.3, -0.25) is 14.8 Å². The topological polar surface area (TPSA) is 83.0 Å². The summed E-state index contributed by atoms with van der Waals surface area (Å²) >= 11 is 0. The van der Waals surface area contributed by atoms with Crippen molar-refractivity contribution in [2.24, 2.45) is 0 Å². The van der Waals surface area contributed by atoms with Crippen LogP contribution in [-0.4, -0.2) is 52.3 Å². The highest BCUT2D eigenvalue weighted by Gasteiger charge is 2.47. The zero-order chi connectivity index (χ0) is 27.1. The molecule has 1 amide bonds. The Bertz CT molecular complexity index is 1350. The lowest BCUT2D eigenvalue weighted by Crippen LogP contribution is -2.46. The van der Waals surface area contributed by atoms with E-state index in [4.69, 9.17) is 9.84 Å². The van der Waals surface area contributed by atoms with Crippen molar-refractivity contribution in [3.05, 3.63) is 83.2 Å². The number of benzene rings is 2. The first-order valence-corrected chi connectivity index (χ1v) is 12.2. The van der Waals surface area contributed by atoms with Crippen LogP contribution in [0.25, 0.3) is 11.1 Å². The maximum Gasteiger partial charge on any atom is 0.416 e. The van der Waals surface area contributed by atoms with Gasteiger partial charge in [-0.2, -0.15) is 13.2 Å². The van der Waals surface area contributed by atoms with Crippen molar-refractivity contribution in [1.29, 1.82) is 0 Å². The molecule has 10 heteroatoms. The van der Waals surface area contributed by atoms with Gasteiger partial charge in [0.1, 0.15) is 5.60 Å². The molecule has 2 aromatic carbocycles. The minimum atomic E-state index is -4.46. The normalized spacial score (nSPS) is 17.6. The lowest BCUT2D eigenvalue weighted by Gasteiger charge is -2.37. The van der Waals surface area contributed by atoms with Gasteiger partial charge in [-0.15, -0.1) is 0 Å². The third-order valence-corrected chi connectivity index (χ3v) is 7.29. The summed E-state index contributed by atoms with van der Waals surface area (Å²) in [5.41, 5.74) is 1.52. The van der Waals surface area contributed by atoms with Gasteiger partial charge >= 0.3 is 18.2 Å². The number of aromatic carboxylic acids is 1. The maximum absolute atomic E-state index is 13.7. The van der Waals surface area contributed by atoms with Crippen LogP contribution in [0.2, 0.25) is 0 Å². The average molecular weight is 526 g/mol. The van der Waals surface area contributed by atoms with E-state index in [0.717, 1.165) is 5.56 Å². The number of halogens is 3. The summed E-state index contributed by atoms with van der Waals surface area (Å²) < 4.78 is 46.9. The Morgan fingerprint density at radius 1 is 1.13 bits per heavy atom. The van der Waals surface area contributed by atoms with E-state index in [1.807, 2.05) is 6.07 Å². The van der Waals surface area contributed by atoms with E-state index in [1.165, 1.54) is 30.0 Å². The van der Waals surface area contributed by atoms with Gasteiger partial charge in [-0.05, 0) is 60.0 Å². The largest absolute Gasteiger partial charge is 0.478 e. The number of ether oxygens (including phenoxy) is 1. The third kappa shape index (κ3) is 5.08. The predicted octanol–water partition coefficient (Wildman–Crippen LogP) is 5.77. The molecule has 0 atom stereocenters. The first-order valence-electron chi connectivity index (χ1n) is 12.2. The minimum absolute atomic E-state index is 0.125. The predicted molar refractivity (Wildman–Crippen MR) is 134 cm³/mol. The van der Waals surface area contributed by atoms with Crippen molar-refractivity contribution in [2.75, 3.05) is 24.5 Å². The Labute approximate surface area is 217 Å². The van der Waals surface area contributed by atoms with Gasteiger partial charge < -0.3 is 9.84 Å². The number of amides is 1. The molecule has 38 heavy (non-hydrogen) atoms. The molecule has 2 aliphatic heterocycles. The number of piperidine rings is 1. The number of hydrogen-bond donors (Lipinski definition) is 1. The van der Waals surface area contributed by atoms with Gasteiger partial charge in [0.05, 0.1) is 17.7 Å². The van der Waals surface area contributed by atoms with Gasteiger partial charge in [-0.1, -0.05) is 12.1 Å². The highest BCUT2D eigenvalue weighted by molar-refractivity contribution is 5.92. The van der Waals surface area contributed by atoms with Crippen molar-refractivity contribution in [1.82, 2.24) is 9.88 Å². The summed E-state index contributed by atoms with van der Waals surface area (Å²) in [6, 6.07) is 12.4. The van der Waals surface area contributed by atoms with Crippen molar-refractivity contribution in [3.63, 3.8) is 0 Å². The molecule has 0 radical (unpaired) electrons. The van der Waals surface area contributed by atoms with Crippen LogP contribution >= 0.6 is 0 Å². The maximum atomic E-state index is 13.7. The summed E-state index contributed by atoms with van der Waals surface area (Å²) in [6.45, 7) is 3.20. The fourth-order valence-electron chi connectivity index (χ4n) is 5.21. The minimum Gasteiger partial charge on any atom is -0.478 e. The van der Waals surface area contributed by atoms with E-state index in [2.05, 4.69) is 9.88 Å². The lowest BCUT2D eigenvalue weighted by molar-refractivity contribution is -0.138. The Kier molecular flexibility index (Phi) is 6.60. The number of carboxylic acid groups (broad SMARTS) is 1. The molecule has 1 spiro atoms. The Balaban J connectivity index is 1.32. The van der Waals surface area contributed by atoms with Gasteiger partial charge in [-0.25, -0.2) is 9.59 Å². The van der Waals surface area contributed by atoms with Crippen LogP contribution in [0, 0.1) is 6.92 Å². The first-order chi connectivity index (χ1) is 18.0. The van der Waals surface area contributed by atoms with Gasteiger partial charge in [0.25, 0.3) is 0 Å². The molecular formula is C28H26F3N3O4. The molecule has 1 N–H and O–H groups in total. The number of carbonyl (C=O) groups excluding carboxylic acids is 1. The third-order valence-electron chi connectivity index (χ3n) is 7.29. The molecule has 3 heterocycles. The van der Waals surface area contributed by atoms with Crippen molar-refractivity contribution in [3.8, 4) is 11.1 Å².